The van der Waals surface area contributed by atoms with Crippen LogP contribution in [0.3, 0.4) is 0 Å². The van der Waals surface area contributed by atoms with Crippen LogP contribution >= 0.6 is 0 Å². The number of sulfonamides is 1. The average molecular weight is 416 g/mol. The highest BCUT2D eigenvalue weighted by Gasteiger charge is 2.24. The SMILES string of the molecule is CCCCN(Cc1ccc(OS(C)(=O)=O)cc1)S(=O)(=O)c1ccc(F)cc1. The van der Waals surface area contributed by atoms with E-state index in [2.05, 4.69) is 0 Å². The number of unbranched alkanes of at least 4 members (excludes halogenated alkanes) is 1. The van der Waals surface area contributed by atoms with E-state index in [1.807, 2.05) is 6.92 Å². The van der Waals surface area contributed by atoms with Crippen molar-refractivity contribution in [2.75, 3.05) is 12.8 Å². The third kappa shape index (κ3) is 6.30. The smallest absolute Gasteiger partial charge is 0.306 e. The van der Waals surface area contributed by atoms with Crippen molar-refractivity contribution in [1.82, 2.24) is 4.31 Å². The van der Waals surface area contributed by atoms with Crippen molar-refractivity contribution in [1.29, 1.82) is 0 Å². The van der Waals surface area contributed by atoms with Gasteiger partial charge in [-0.1, -0.05) is 25.5 Å². The molecule has 2 aromatic rings. The Labute approximate surface area is 159 Å². The van der Waals surface area contributed by atoms with Gasteiger partial charge in [0.1, 0.15) is 11.6 Å². The van der Waals surface area contributed by atoms with E-state index in [4.69, 9.17) is 4.18 Å². The molecule has 0 heterocycles. The van der Waals surface area contributed by atoms with Gasteiger partial charge in [0, 0.05) is 13.1 Å². The Bertz CT molecular complexity index is 956. The molecule has 0 spiro atoms. The van der Waals surface area contributed by atoms with Crippen LogP contribution in [-0.4, -0.2) is 33.9 Å². The Kier molecular flexibility index (Phi) is 6.96. The minimum absolute atomic E-state index is 0.0250. The summed E-state index contributed by atoms with van der Waals surface area (Å²) in [4.78, 5) is 0.0250. The highest BCUT2D eigenvalue weighted by atomic mass is 32.2. The average Bonchev–Trinajstić information content (AvgIpc) is 2.59. The minimum atomic E-state index is -3.79. The first-order valence-electron chi connectivity index (χ1n) is 8.36. The van der Waals surface area contributed by atoms with E-state index in [9.17, 15) is 21.2 Å². The van der Waals surface area contributed by atoms with Crippen LogP contribution in [0.5, 0.6) is 5.75 Å². The first kappa shape index (κ1) is 21.3. The van der Waals surface area contributed by atoms with Gasteiger partial charge in [-0.2, -0.15) is 12.7 Å². The molecule has 0 fully saturated rings. The van der Waals surface area contributed by atoms with Gasteiger partial charge in [-0.3, -0.25) is 0 Å². The summed E-state index contributed by atoms with van der Waals surface area (Å²) in [5, 5.41) is 0. The van der Waals surface area contributed by atoms with Gasteiger partial charge in [0.15, 0.2) is 0 Å². The Morgan fingerprint density at radius 1 is 0.963 bits per heavy atom. The molecule has 0 bridgehead atoms. The summed E-state index contributed by atoms with van der Waals surface area (Å²) in [5.41, 5.74) is 0.678. The zero-order valence-corrected chi connectivity index (χ0v) is 16.8. The van der Waals surface area contributed by atoms with Gasteiger partial charge in [0.05, 0.1) is 11.2 Å². The maximum Gasteiger partial charge on any atom is 0.306 e. The Hall–Kier alpha value is -1.97. The van der Waals surface area contributed by atoms with E-state index in [1.54, 1.807) is 12.1 Å². The van der Waals surface area contributed by atoms with Crippen LogP contribution in [0.15, 0.2) is 53.4 Å². The first-order chi connectivity index (χ1) is 12.6. The van der Waals surface area contributed by atoms with Gasteiger partial charge in [-0.25, -0.2) is 12.8 Å². The summed E-state index contributed by atoms with van der Waals surface area (Å²) in [7, 11) is -7.41. The molecule has 0 atom stereocenters. The van der Waals surface area contributed by atoms with Gasteiger partial charge in [0.25, 0.3) is 0 Å². The second kappa shape index (κ2) is 8.81. The number of rotatable bonds is 9. The Morgan fingerprint density at radius 3 is 2.07 bits per heavy atom. The summed E-state index contributed by atoms with van der Waals surface area (Å²) in [6.45, 7) is 2.39. The first-order valence-corrected chi connectivity index (χ1v) is 11.6. The van der Waals surface area contributed by atoms with Crippen molar-refractivity contribution in [3.05, 3.63) is 59.9 Å². The lowest BCUT2D eigenvalue weighted by Crippen LogP contribution is -2.31. The third-order valence-electron chi connectivity index (χ3n) is 3.74. The second-order valence-corrected chi connectivity index (χ2v) is 9.59. The minimum Gasteiger partial charge on any atom is -0.383 e. The van der Waals surface area contributed by atoms with Crippen molar-refractivity contribution in [3.63, 3.8) is 0 Å². The predicted octanol–water partition coefficient (Wildman–Crippen LogP) is 3.16. The van der Waals surface area contributed by atoms with Crippen LogP contribution in [0, 0.1) is 5.82 Å². The molecule has 0 amide bonds. The lowest BCUT2D eigenvalue weighted by Gasteiger charge is -2.22. The van der Waals surface area contributed by atoms with Gasteiger partial charge >= 0.3 is 10.1 Å². The molecule has 0 radical (unpaired) electrons. The lowest BCUT2D eigenvalue weighted by molar-refractivity contribution is 0.398. The van der Waals surface area contributed by atoms with Gasteiger partial charge in [-0.05, 0) is 48.4 Å². The molecule has 6 nitrogen and oxygen atoms in total. The summed E-state index contributed by atoms with van der Waals surface area (Å²) in [5.74, 6) is -0.349. The third-order valence-corrected chi connectivity index (χ3v) is 6.10. The summed E-state index contributed by atoms with van der Waals surface area (Å²) >= 11 is 0. The quantitative estimate of drug-likeness (QED) is 0.588. The summed E-state index contributed by atoms with van der Waals surface area (Å²) < 4.78 is 67.4. The number of halogens is 1. The molecule has 2 aromatic carbocycles. The van der Waals surface area contributed by atoms with Gasteiger partial charge < -0.3 is 4.18 Å². The van der Waals surface area contributed by atoms with Gasteiger partial charge in [0.2, 0.25) is 10.0 Å². The maximum absolute atomic E-state index is 13.1. The molecule has 0 aromatic heterocycles. The molecule has 0 aliphatic carbocycles. The second-order valence-electron chi connectivity index (χ2n) is 6.08. The predicted molar refractivity (Wildman–Crippen MR) is 101 cm³/mol. The van der Waals surface area contributed by atoms with Crippen molar-refractivity contribution < 1.29 is 25.4 Å². The fourth-order valence-corrected chi connectivity index (χ4v) is 4.33. The zero-order chi connectivity index (χ0) is 20.1. The van der Waals surface area contributed by atoms with E-state index in [1.165, 1.54) is 28.6 Å². The highest BCUT2D eigenvalue weighted by molar-refractivity contribution is 7.89. The van der Waals surface area contributed by atoms with Crippen molar-refractivity contribution in [2.45, 2.75) is 31.2 Å². The molecular formula is C18H22FNO5S2. The van der Waals surface area contributed by atoms with Crippen LogP contribution in [-0.2, 0) is 26.7 Å². The number of hydrogen-bond donors (Lipinski definition) is 0. The van der Waals surface area contributed by atoms with Crippen molar-refractivity contribution in [2.24, 2.45) is 0 Å². The number of hydrogen-bond acceptors (Lipinski definition) is 5. The number of nitrogens with zero attached hydrogens (tertiary/aromatic N) is 1. The molecule has 0 saturated heterocycles. The van der Waals surface area contributed by atoms with Crippen LogP contribution in [0.4, 0.5) is 4.39 Å². The molecular weight excluding hydrogens is 393 g/mol. The molecule has 148 valence electrons. The molecule has 9 heteroatoms. The standard InChI is InChI=1S/C18H22FNO5S2/c1-3-4-13-20(27(23,24)18-11-7-16(19)8-12-18)14-15-5-9-17(10-6-15)25-26(2,21)22/h5-12H,3-4,13-14H2,1-2H3. The van der Waals surface area contributed by atoms with E-state index in [0.717, 1.165) is 24.8 Å². The van der Waals surface area contributed by atoms with Crippen molar-refractivity contribution in [3.8, 4) is 5.75 Å². The fourth-order valence-electron chi connectivity index (χ4n) is 2.40. The van der Waals surface area contributed by atoms with E-state index in [0.29, 0.717) is 18.5 Å². The molecule has 0 aliphatic heterocycles. The Morgan fingerprint density at radius 2 is 1.56 bits per heavy atom. The molecule has 0 N–H and O–H groups in total. The molecule has 2 rings (SSSR count). The van der Waals surface area contributed by atoms with Crippen molar-refractivity contribution >= 4 is 20.1 Å². The molecule has 0 saturated carbocycles. The Balaban J connectivity index is 2.24. The fraction of sp³-hybridized carbons (Fsp3) is 0.333. The topological polar surface area (TPSA) is 80.8 Å². The largest absolute Gasteiger partial charge is 0.383 e. The van der Waals surface area contributed by atoms with Gasteiger partial charge in [-0.15, -0.1) is 0 Å². The zero-order valence-electron chi connectivity index (χ0n) is 15.1. The summed E-state index contributed by atoms with van der Waals surface area (Å²) in [6.07, 6.45) is 2.44. The molecule has 0 unspecified atom stereocenters. The lowest BCUT2D eigenvalue weighted by atomic mass is 10.2. The highest BCUT2D eigenvalue weighted by Crippen LogP contribution is 2.21. The van der Waals surface area contributed by atoms with Crippen LogP contribution < -0.4 is 4.18 Å². The maximum atomic E-state index is 13.1. The van der Waals surface area contributed by atoms with E-state index >= 15 is 0 Å². The summed E-state index contributed by atoms with van der Waals surface area (Å²) in [6, 6.07) is 10.9. The van der Waals surface area contributed by atoms with Crippen LogP contribution in [0.25, 0.3) is 0 Å². The van der Waals surface area contributed by atoms with Crippen LogP contribution in [0.1, 0.15) is 25.3 Å². The normalized spacial score (nSPS) is 12.3. The number of benzene rings is 2. The molecule has 27 heavy (non-hydrogen) atoms. The van der Waals surface area contributed by atoms with Crippen LogP contribution in [0.2, 0.25) is 0 Å². The monoisotopic (exact) mass is 415 g/mol. The van der Waals surface area contributed by atoms with E-state index < -0.39 is 26.0 Å². The molecule has 0 aliphatic rings. The van der Waals surface area contributed by atoms with E-state index in [-0.39, 0.29) is 17.2 Å².